The summed E-state index contributed by atoms with van der Waals surface area (Å²) < 4.78 is 5.01. The van der Waals surface area contributed by atoms with E-state index in [4.69, 9.17) is 4.74 Å². The summed E-state index contributed by atoms with van der Waals surface area (Å²) in [5, 5.41) is 5.17. The van der Waals surface area contributed by atoms with Crippen LogP contribution in [-0.4, -0.2) is 24.6 Å². The molecule has 1 heterocycles. The van der Waals surface area contributed by atoms with E-state index in [-0.39, 0.29) is 12.5 Å². The van der Waals surface area contributed by atoms with Gasteiger partial charge in [0.2, 0.25) is 5.91 Å². The van der Waals surface area contributed by atoms with Crippen molar-refractivity contribution in [2.75, 3.05) is 6.54 Å². The molecule has 0 aromatic heterocycles. The minimum absolute atomic E-state index is 0.151. The summed E-state index contributed by atoms with van der Waals surface area (Å²) in [5.41, 5.74) is 0.915. The Bertz CT molecular complexity index is 405. The molecule has 0 radical (unpaired) electrons. The number of carbonyl (C=O) groups is 2. The second kappa shape index (κ2) is 5.34. The first-order valence-electron chi connectivity index (χ1n) is 5.50. The lowest BCUT2D eigenvalue weighted by molar-refractivity contribution is -0.120. The van der Waals surface area contributed by atoms with Crippen molar-refractivity contribution in [2.45, 2.75) is 19.1 Å². The molecule has 5 nitrogen and oxygen atoms in total. The van der Waals surface area contributed by atoms with E-state index in [0.29, 0.717) is 13.0 Å². The SMILES string of the molecule is O=C(N[C@@H]1CCNC1=O)OCc1ccccc1. The molecule has 1 aromatic carbocycles. The highest BCUT2D eigenvalue weighted by Gasteiger charge is 2.25. The van der Waals surface area contributed by atoms with Crippen molar-refractivity contribution in [3.05, 3.63) is 35.9 Å². The summed E-state index contributed by atoms with van der Waals surface area (Å²) in [6, 6.07) is 8.93. The second-order valence-electron chi connectivity index (χ2n) is 3.84. The van der Waals surface area contributed by atoms with Gasteiger partial charge < -0.3 is 15.4 Å². The van der Waals surface area contributed by atoms with Crippen LogP contribution in [0.3, 0.4) is 0 Å². The molecule has 2 amide bonds. The van der Waals surface area contributed by atoms with E-state index in [9.17, 15) is 9.59 Å². The van der Waals surface area contributed by atoms with Crippen molar-refractivity contribution < 1.29 is 14.3 Å². The minimum Gasteiger partial charge on any atom is -0.445 e. The Balaban J connectivity index is 1.76. The van der Waals surface area contributed by atoms with Crippen LogP contribution in [0, 0.1) is 0 Å². The highest BCUT2D eigenvalue weighted by molar-refractivity contribution is 5.87. The van der Waals surface area contributed by atoms with Gasteiger partial charge in [0, 0.05) is 6.54 Å². The minimum atomic E-state index is -0.559. The Morgan fingerprint density at radius 1 is 1.41 bits per heavy atom. The summed E-state index contributed by atoms with van der Waals surface area (Å²) in [6.45, 7) is 0.809. The van der Waals surface area contributed by atoms with Gasteiger partial charge >= 0.3 is 6.09 Å². The van der Waals surface area contributed by atoms with Crippen LogP contribution in [0.4, 0.5) is 4.79 Å². The topological polar surface area (TPSA) is 67.4 Å². The molecule has 1 aliphatic rings. The molecule has 0 aliphatic carbocycles. The zero-order chi connectivity index (χ0) is 12.1. The van der Waals surface area contributed by atoms with Gasteiger partial charge in [0.25, 0.3) is 0 Å². The quantitative estimate of drug-likeness (QED) is 0.813. The molecule has 0 unspecified atom stereocenters. The maximum Gasteiger partial charge on any atom is 0.408 e. The Labute approximate surface area is 99.2 Å². The zero-order valence-corrected chi connectivity index (χ0v) is 9.31. The number of hydrogen-bond donors (Lipinski definition) is 2. The average molecular weight is 234 g/mol. The molecule has 90 valence electrons. The second-order valence-corrected chi connectivity index (χ2v) is 3.84. The first-order chi connectivity index (χ1) is 8.25. The largest absolute Gasteiger partial charge is 0.445 e. The highest BCUT2D eigenvalue weighted by Crippen LogP contribution is 2.03. The average Bonchev–Trinajstić information content (AvgIpc) is 2.74. The number of benzene rings is 1. The zero-order valence-electron chi connectivity index (χ0n) is 9.31. The van der Waals surface area contributed by atoms with Crippen LogP contribution in [0.2, 0.25) is 0 Å². The lowest BCUT2D eigenvalue weighted by Crippen LogP contribution is -2.40. The van der Waals surface area contributed by atoms with Gasteiger partial charge in [-0.2, -0.15) is 0 Å². The Morgan fingerprint density at radius 2 is 2.18 bits per heavy atom. The molecular formula is C12H14N2O3. The Kier molecular flexibility index (Phi) is 3.59. The molecule has 0 bridgehead atoms. The smallest absolute Gasteiger partial charge is 0.408 e. The summed E-state index contributed by atoms with van der Waals surface area (Å²) in [6.07, 6.45) is 0.0510. The molecular weight excluding hydrogens is 220 g/mol. The van der Waals surface area contributed by atoms with Crippen molar-refractivity contribution >= 4 is 12.0 Å². The first kappa shape index (κ1) is 11.4. The molecule has 1 saturated heterocycles. The van der Waals surface area contributed by atoms with E-state index < -0.39 is 12.1 Å². The fourth-order valence-electron chi connectivity index (χ4n) is 1.64. The third-order valence-corrected chi connectivity index (χ3v) is 2.55. The van der Waals surface area contributed by atoms with E-state index >= 15 is 0 Å². The van der Waals surface area contributed by atoms with Crippen LogP contribution in [0.25, 0.3) is 0 Å². The van der Waals surface area contributed by atoms with Crippen LogP contribution in [0.5, 0.6) is 0 Å². The van der Waals surface area contributed by atoms with Crippen LogP contribution in [0.1, 0.15) is 12.0 Å². The normalized spacial score (nSPS) is 18.6. The number of amides is 2. The van der Waals surface area contributed by atoms with E-state index in [1.807, 2.05) is 30.3 Å². The molecule has 0 saturated carbocycles. The maximum absolute atomic E-state index is 11.4. The predicted octanol–water partition coefficient (Wildman–Crippen LogP) is 0.801. The van der Waals surface area contributed by atoms with Gasteiger partial charge in [-0.25, -0.2) is 4.79 Å². The van der Waals surface area contributed by atoms with E-state index in [1.165, 1.54) is 0 Å². The molecule has 0 spiro atoms. The fourth-order valence-corrected chi connectivity index (χ4v) is 1.64. The number of carbonyl (C=O) groups excluding carboxylic acids is 2. The molecule has 1 atom stereocenters. The summed E-state index contributed by atoms with van der Waals surface area (Å²) in [4.78, 5) is 22.6. The molecule has 2 rings (SSSR count). The van der Waals surface area contributed by atoms with Crippen molar-refractivity contribution in [1.29, 1.82) is 0 Å². The van der Waals surface area contributed by atoms with Crippen molar-refractivity contribution in [3.63, 3.8) is 0 Å². The standard InChI is InChI=1S/C12H14N2O3/c15-11-10(6-7-13-11)14-12(16)17-8-9-4-2-1-3-5-9/h1-5,10H,6-8H2,(H,13,15)(H,14,16)/t10-/m1/s1. The Morgan fingerprint density at radius 3 is 2.82 bits per heavy atom. The summed E-state index contributed by atoms with van der Waals surface area (Å²) in [5.74, 6) is -0.151. The van der Waals surface area contributed by atoms with E-state index in [2.05, 4.69) is 10.6 Å². The van der Waals surface area contributed by atoms with E-state index in [1.54, 1.807) is 0 Å². The van der Waals surface area contributed by atoms with Gasteiger partial charge in [0.05, 0.1) is 0 Å². The number of nitrogens with one attached hydrogen (secondary N) is 2. The third-order valence-electron chi connectivity index (χ3n) is 2.55. The molecule has 5 heteroatoms. The van der Waals surface area contributed by atoms with Gasteiger partial charge in [0.1, 0.15) is 12.6 Å². The third kappa shape index (κ3) is 3.21. The highest BCUT2D eigenvalue weighted by atomic mass is 16.5. The molecule has 1 aliphatic heterocycles. The van der Waals surface area contributed by atoms with Crippen LogP contribution in [0.15, 0.2) is 30.3 Å². The summed E-state index contributed by atoms with van der Waals surface area (Å²) >= 11 is 0. The lowest BCUT2D eigenvalue weighted by Gasteiger charge is -2.10. The van der Waals surface area contributed by atoms with Crippen molar-refractivity contribution in [2.24, 2.45) is 0 Å². The molecule has 17 heavy (non-hydrogen) atoms. The number of ether oxygens (including phenoxy) is 1. The lowest BCUT2D eigenvalue weighted by atomic mass is 10.2. The Hall–Kier alpha value is -2.04. The predicted molar refractivity (Wildman–Crippen MR) is 61.2 cm³/mol. The van der Waals surface area contributed by atoms with Crippen molar-refractivity contribution in [3.8, 4) is 0 Å². The van der Waals surface area contributed by atoms with Gasteiger partial charge in [-0.15, -0.1) is 0 Å². The summed E-state index contributed by atoms with van der Waals surface area (Å²) in [7, 11) is 0. The monoisotopic (exact) mass is 234 g/mol. The molecule has 2 N–H and O–H groups in total. The van der Waals surface area contributed by atoms with Gasteiger partial charge in [-0.1, -0.05) is 30.3 Å². The fraction of sp³-hybridized carbons (Fsp3) is 0.333. The van der Waals surface area contributed by atoms with Crippen LogP contribution >= 0.6 is 0 Å². The maximum atomic E-state index is 11.4. The van der Waals surface area contributed by atoms with Crippen LogP contribution in [-0.2, 0) is 16.1 Å². The number of rotatable bonds is 3. The number of hydrogen-bond acceptors (Lipinski definition) is 3. The van der Waals surface area contributed by atoms with Gasteiger partial charge in [0.15, 0.2) is 0 Å². The van der Waals surface area contributed by atoms with Gasteiger partial charge in [-0.3, -0.25) is 4.79 Å². The number of alkyl carbamates (subject to hydrolysis) is 1. The first-order valence-corrected chi connectivity index (χ1v) is 5.50. The van der Waals surface area contributed by atoms with E-state index in [0.717, 1.165) is 5.56 Å². The van der Waals surface area contributed by atoms with Gasteiger partial charge in [-0.05, 0) is 12.0 Å². The molecule has 1 aromatic rings. The van der Waals surface area contributed by atoms with Crippen LogP contribution < -0.4 is 10.6 Å². The van der Waals surface area contributed by atoms with Crippen molar-refractivity contribution in [1.82, 2.24) is 10.6 Å². The molecule has 1 fully saturated rings.